The van der Waals surface area contributed by atoms with E-state index in [1.807, 2.05) is 4.90 Å². The second-order valence-corrected chi connectivity index (χ2v) is 9.24. The monoisotopic (exact) mass is 499 g/mol. The molecule has 1 fully saturated rings. The van der Waals surface area contributed by atoms with Gasteiger partial charge in [-0.3, -0.25) is 19.5 Å². The summed E-state index contributed by atoms with van der Waals surface area (Å²) >= 11 is 1.30. The minimum absolute atomic E-state index is 0.0424. The van der Waals surface area contributed by atoms with Crippen LogP contribution >= 0.6 is 11.3 Å². The number of hydrogen-bond acceptors (Lipinski definition) is 8. The second kappa shape index (κ2) is 9.92. The van der Waals surface area contributed by atoms with E-state index in [1.165, 1.54) is 30.4 Å². The number of piperidine rings is 1. The second-order valence-electron chi connectivity index (χ2n) is 8.38. The minimum Gasteiger partial charge on any atom is -0.370 e. The summed E-state index contributed by atoms with van der Waals surface area (Å²) in [5.74, 6) is -1.47. The van der Waals surface area contributed by atoms with Crippen molar-refractivity contribution in [3.8, 4) is 10.6 Å². The van der Waals surface area contributed by atoms with Gasteiger partial charge in [0.15, 0.2) is 0 Å². The Morgan fingerprint density at radius 1 is 1.14 bits per heavy atom. The number of carbonyl (C=O) groups is 3. The number of nitrogens with one attached hydrogen (secondary N) is 4. The number of likely N-dealkylation sites (N-methyl/N-ethyl adjacent to an activating group) is 1. The molecule has 1 aliphatic heterocycles. The number of ketones is 1. The molecule has 1 aliphatic rings. The van der Waals surface area contributed by atoms with E-state index in [4.69, 9.17) is 0 Å². The third kappa shape index (κ3) is 5.08. The van der Waals surface area contributed by atoms with Crippen LogP contribution in [0.25, 0.3) is 10.6 Å². The summed E-state index contributed by atoms with van der Waals surface area (Å²) in [4.78, 5) is 43.1. The summed E-state index contributed by atoms with van der Waals surface area (Å²) in [6.45, 7) is 3.79. The number of aromatic nitrogens is 3. The number of halogens is 1. The van der Waals surface area contributed by atoms with Crippen LogP contribution in [0.15, 0.2) is 29.9 Å². The van der Waals surface area contributed by atoms with E-state index in [-0.39, 0.29) is 17.2 Å². The van der Waals surface area contributed by atoms with Gasteiger partial charge in [0.05, 0.1) is 28.8 Å². The first kappa shape index (κ1) is 24.5. The number of nitrogens with zero attached hydrogens (tertiary/aromatic N) is 3. The maximum atomic E-state index is 14.9. The SMILES string of the molecule is CNC1(C(C)=O)CCN(c2cc(F)c(NC(C)=O)cc2NC(=O)c2csc(-c3cn[nH]c3)n2)CC1. The fourth-order valence-electron chi connectivity index (χ4n) is 4.18. The highest BCUT2D eigenvalue weighted by atomic mass is 32.1. The smallest absolute Gasteiger partial charge is 0.275 e. The van der Waals surface area contributed by atoms with Crippen molar-refractivity contribution in [1.29, 1.82) is 0 Å². The Hall–Kier alpha value is -3.64. The first-order valence-electron chi connectivity index (χ1n) is 11.0. The fourth-order valence-corrected chi connectivity index (χ4v) is 4.96. The topological polar surface area (TPSA) is 132 Å². The summed E-state index contributed by atoms with van der Waals surface area (Å²) < 4.78 is 14.9. The average Bonchev–Trinajstić information content (AvgIpc) is 3.53. The predicted octanol–water partition coefficient (Wildman–Crippen LogP) is 3.03. The van der Waals surface area contributed by atoms with E-state index in [0.717, 1.165) is 5.56 Å². The molecule has 0 spiro atoms. The van der Waals surface area contributed by atoms with Crippen molar-refractivity contribution in [2.24, 2.45) is 0 Å². The van der Waals surface area contributed by atoms with Crippen molar-refractivity contribution in [1.82, 2.24) is 20.5 Å². The van der Waals surface area contributed by atoms with Gasteiger partial charge in [-0.1, -0.05) is 0 Å². The third-order valence-corrected chi connectivity index (χ3v) is 7.13. The van der Waals surface area contributed by atoms with Gasteiger partial charge in [-0.05, 0) is 32.9 Å². The number of Topliss-reactive ketones (excluding diaryl/α,β-unsaturated/α-hetero) is 1. The first-order valence-corrected chi connectivity index (χ1v) is 11.9. The van der Waals surface area contributed by atoms with Crippen molar-refractivity contribution >= 4 is 46.0 Å². The maximum Gasteiger partial charge on any atom is 0.275 e. The van der Waals surface area contributed by atoms with Crippen LogP contribution < -0.4 is 20.9 Å². The number of aromatic amines is 1. The lowest BCUT2D eigenvalue weighted by Gasteiger charge is -2.41. The van der Waals surface area contributed by atoms with Crippen LogP contribution in [0.4, 0.5) is 21.5 Å². The van der Waals surface area contributed by atoms with Crippen LogP contribution in [0.1, 0.15) is 37.2 Å². The van der Waals surface area contributed by atoms with E-state index < -0.39 is 23.2 Å². The molecule has 3 aromatic rings. The maximum absolute atomic E-state index is 14.9. The molecule has 1 aromatic carbocycles. The molecule has 0 saturated carbocycles. The molecular formula is C23H26FN7O3S. The zero-order valence-corrected chi connectivity index (χ0v) is 20.4. The molecule has 2 amide bonds. The fraction of sp³-hybridized carbons (Fsp3) is 0.348. The van der Waals surface area contributed by atoms with Gasteiger partial charge in [-0.2, -0.15) is 5.10 Å². The van der Waals surface area contributed by atoms with Crippen molar-refractivity contribution in [3.63, 3.8) is 0 Å². The molecule has 0 unspecified atom stereocenters. The van der Waals surface area contributed by atoms with Crippen molar-refractivity contribution < 1.29 is 18.8 Å². The molecule has 1 saturated heterocycles. The van der Waals surface area contributed by atoms with Crippen LogP contribution in [0.5, 0.6) is 0 Å². The molecule has 0 radical (unpaired) electrons. The highest BCUT2D eigenvalue weighted by Crippen LogP contribution is 2.36. The number of amides is 2. The molecule has 4 rings (SSSR count). The van der Waals surface area contributed by atoms with E-state index >= 15 is 0 Å². The van der Waals surface area contributed by atoms with Crippen molar-refractivity contribution in [2.45, 2.75) is 32.2 Å². The van der Waals surface area contributed by atoms with Gasteiger partial charge in [0, 0.05) is 43.2 Å². The first-order chi connectivity index (χ1) is 16.7. The summed E-state index contributed by atoms with van der Waals surface area (Å²) in [6.07, 6.45) is 4.35. The van der Waals surface area contributed by atoms with Gasteiger partial charge in [-0.15, -0.1) is 11.3 Å². The van der Waals surface area contributed by atoms with E-state index in [1.54, 1.807) is 31.7 Å². The number of rotatable bonds is 7. The number of H-pyrrole nitrogens is 1. The molecule has 4 N–H and O–H groups in total. The van der Waals surface area contributed by atoms with Crippen molar-refractivity contribution in [3.05, 3.63) is 41.4 Å². The molecule has 3 heterocycles. The van der Waals surface area contributed by atoms with E-state index in [2.05, 4.69) is 31.1 Å². The molecule has 184 valence electrons. The number of carbonyl (C=O) groups excluding carboxylic acids is 3. The Morgan fingerprint density at radius 3 is 2.49 bits per heavy atom. The zero-order chi connectivity index (χ0) is 25.2. The molecule has 35 heavy (non-hydrogen) atoms. The van der Waals surface area contributed by atoms with Gasteiger partial charge >= 0.3 is 0 Å². The Labute approximate surface area is 205 Å². The minimum atomic E-state index is -0.626. The molecule has 2 aromatic heterocycles. The lowest BCUT2D eigenvalue weighted by Crippen LogP contribution is -2.56. The number of thiazole rings is 1. The molecule has 0 bridgehead atoms. The highest BCUT2D eigenvalue weighted by Gasteiger charge is 2.38. The average molecular weight is 500 g/mol. The summed E-state index contributed by atoms with van der Waals surface area (Å²) in [5.41, 5.74) is 1.09. The molecule has 0 atom stereocenters. The molecule has 0 aliphatic carbocycles. The van der Waals surface area contributed by atoms with E-state index in [0.29, 0.717) is 42.3 Å². The van der Waals surface area contributed by atoms with Gasteiger partial charge in [0.2, 0.25) is 5.91 Å². The Kier molecular flexibility index (Phi) is 6.94. The van der Waals surface area contributed by atoms with Crippen molar-refractivity contribution in [2.75, 3.05) is 35.7 Å². The Morgan fingerprint density at radius 2 is 1.89 bits per heavy atom. The lowest BCUT2D eigenvalue weighted by atomic mass is 9.84. The predicted molar refractivity (Wildman–Crippen MR) is 132 cm³/mol. The van der Waals surface area contributed by atoms with Crippen LogP contribution in [-0.2, 0) is 9.59 Å². The Balaban J connectivity index is 1.62. The quantitative estimate of drug-likeness (QED) is 0.393. The van der Waals surface area contributed by atoms with Gasteiger partial charge in [0.1, 0.15) is 22.3 Å². The largest absolute Gasteiger partial charge is 0.370 e. The Bertz CT molecular complexity index is 1250. The van der Waals surface area contributed by atoms with E-state index in [9.17, 15) is 18.8 Å². The lowest BCUT2D eigenvalue weighted by molar-refractivity contribution is -0.124. The summed E-state index contributed by atoms with van der Waals surface area (Å²) in [5, 5.41) is 17.3. The van der Waals surface area contributed by atoms with Gasteiger partial charge < -0.3 is 20.9 Å². The normalized spacial score (nSPS) is 15.0. The molecular weight excluding hydrogens is 473 g/mol. The zero-order valence-electron chi connectivity index (χ0n) is 19.6. The van der Waals surface area contributed by atoms with Crippen LogP contribution in [-0.4, -0.2) is 58.5 Å². The number of benzene rings is 1. The molecule has 10 nitrogen and oxygen atoms in total. The highest BCUT2D eigenvalue weighted by molar-refractivity contribution is 7.13. The van der Waals surface area contributed by atoms with Gasteiger partial charge in [-0.25, -0.2) is 9.37 Å². The number of anilines is 3. The third-order valence-electron chi connectivity index (χ3n) is 6.24. The van der Waals surface area contributed by atoms with Crippen LogP contribution in [0.3, 0.4) is 0 Å². The summed E-state index contributed by atoms with van der Waals surface area (Å²) in [6, 6.07) is 2.69. The summed E-state index contributed by atoms with van der Waals surface area (Å²) in [7, 11) is 1.76. The standard InChI is InChI=1S/C23H26FN7O3S/c1-13(32)23(25-3)4-6-31(7-5-23)20-8-16(24)17(28-14(2)33)9-18(20)29-21(34)19-12-35-22(30-19)15-10-26-27-11-15/h8-12,25H,4-7H2,1-3H3,(H,26,27)(H,28,33)(H,29,34). The number of hydrogen-bond donors (Lipinski definition) is 4. The van der Waals surface area contributed by atoms with Crippen LogP contribution in [0.2, 0.25) is 0 Å². The molecule has 12 heteroatoms. The van der Waals surface area contributed by atoms with Gasteiger partial charge in [0.25, 0.3) is 5.91 Å². The van der Waals surface area contributed by atoms with Crippen LogP contribution in [0, 0.1) is 5.82 Å².